The minimum atomic E-state index is -3.69. The molecule has 0 aliphatic carbocycles. The third-order valence-electron chi connectivity index (χ3n) is 6.04. The van der Waals surface area contributed by atoms with E-state index in [2.05, 4.69) is 17.1 Å². The van der Waals surface area contributed by atoms with Gasteiger partial charge in [-0.15, -0.1) is 0 Å². The summed E-state index contributed by atoms with van der Waals surface area (Å²) in [6.07, 6.45) is 2.07. The predicted octanol–water partition coefficient (Wildman–Crippen LogP) is 4.21. The fourth-order valence-corrected chi connectivity index (χ4v) is 5.52. The molecule has 1 aliphatic rings. The Morgan fingerprint density at radius 2 is 1.78 bits per heavy atom. The average Bonchev–Trinajstić information content (AvgIpc) is 2.80. The predicted molar refractivity (Wildman–Crippen MR) is 128 cm³/mol. The highest BCUT2D eigenvalue weighted by Crippen LogP contribution is 2.31. The molecular weight excluding hydrogens is 426 g/mol. The molecule has 8 heteroatoms. The van der Waals surface area contributed by atoms with E-state index in [9.17, 15) is 13.2 Å². The highest BCUT2D eigenvalue weighted by molar-refractivity contribution is 7.89. The Morgan fingerprint density at radius 3 is 2.41 bits per heavy atom. The van der Waals surface area contributed by atoms with Gasteiger partial charge in [-0.25, -0.2) is 8.42 Å². The topological polar surface area (TPSA) is 79.0 Å². The number of hydrogen-bond donors (Lipinski definition) is 1. The van der Waals surface area contributed by atoms with E-state index in [1.54, 1.807) is 45.2 Å². The lowest BCUT2D eigenvalue weighted by Crippen LogP contribution is -2.35. The fourth-order valence-electron chi connectivity index (χ4n) is 4.03. The van der Waals surface area contributed by atoms with Crippen LogP contribution in [0.5, 0.6) is 5.75 Å². The van der Waals surface area contributed by atoms with Gasteiger partial charge in [0, 0.05) is 31.9 Å². The molecule has 174 valence electrons. The number of carbonyl (C=O) groups excluding carboxylic acids is 1. The van der Waals surface area contributed by atoms with Crippen molar-refractivity contribution in [3.63, 3.8) is 0 Å². The Bertz CT molecular complexity index is 1040. The van der Waals surface area contributed by atoms with Crippen LogP contribution in [-0.4, -0.2) is 51.9 Å². The molecule has 0 aromatic heterocycles. The second-order valence-electron chi connectivity index (χ2n) is 8.09. The number of benzene rings is 2. The second-order valence-corrected chi connectivity index (χ2v) is 10.0. The number of rotatable bonds is 8. The van der Waals surface area contributed by atoms with E-state index in [1.165, 1.54) is 10.4 Å². The van der Waals surface area contributed by atoms with Crippen LogP contribution >= 0.6 is 0 Å². The van der Waals surface area contributed by atoms with Gasteiger partial charge in [0.15, 0.2) is 0 Å². The molecule has 1 aliphatic heterocycles. The van der Waals surface area contributed by atoms with Crippen molar-refractivity contribution in [1.29, 1.82) is 0 Å². The monoisotopic (exact) mass is 459 g/mol. The number of para-hydroxylation sites is 2. The van der Waals surface area contributed by atoms with Crippen molar-refractivity contribution in [2.75, 3.05) is 43.5 Å². The van der Waals surface area contributed by atoms with Crippen LogP contribution in [0.1, 0.15) is 44.0 Å². The Balaban J connectivity index is 2.04. The number of piperidine rings is 1. The van der Waals surface area contributed by atoms with E-state index in [4.69, 9.17) is 4.74 Å². The molecule has 7 nitrogen and oxygen atoms in total. The van der Waals surface area contributed by atoms with Crippen molar-refractivity contribution in [2.45, 2.75) is 38.5 Å². The highest BCUT2D eigenvalue weighted by Gasteiger charge is 2.27. The molecule has 3 rings (SSSR count). The zero-order valence-electron chi connectivity index (χ0n) is 19.3. The molecule has 2 aromatic rings. The Morgan fingerprint density at radius 1 is 1.12 bits per heavy atom. The van der Waals surface area contributed by atoms with E-state index in [1.807, 2.05) is 12.1 Å². The molecule has 32 heavy (non-hydrogen) atoms. The first-order valence-electron chi connectivity index (χ1n) is 11.1. The number of ether oxygens (including phenoxy) is 1. The van der Waals surface area contributed by atoms with Crippen LogP contribution in [0.3, 0.4) is 0 Å². The van der Waals surface area contributed by atoms with Crippen molar-refractivity contribution >= 4 is 27.3 Å². The largest absolute Gasteiger partial charge is 0.495 e. The molecule has 0 spiro atoms. The lowest BCUT2D eigenvalue weighted by atomic mass is 9.98. The number of amides is 1. The third-order valence-corrected chi connectivity index (χ3v) is 8.08. The molecule has 0 saturated carbocycles. The first-order valence-corrected chi connectivity index (χ1v) is 12.6. The van der Waals surface area contributed by atoms with Crippen LogP contribution in [0.2, 0.25) is 0 Å². The van der Waals surface area contributed by atoms with E-state index < -0.39 is 10.0 Å². The number of nitrogens with one attached hydrogen (secondary N) is 1. The zero-order valence-corrected chi connectivity index (χ0v) is 20.1. The first kappa shape index (κ1) is 24.1. The van der Waals surface area contributed by atoms with Crippen LogP contribution in [0, 0.1) is 5.92 Å². The molecule has 1 heterocycles. The lowest BCUT2D eigenvalue weighted by molar-refractivity contribution is 0.102. The van der Waals surface area contributed by atoms with Gasteiger partial charge in [0.05, 0.1) is 23.3 Å². The average molecular weight is 460 g/mol. The zero-order chi connectivity index (χ0) is 23.3. The number of nitrogens with zero attached hydrogens (tertiary/aromatic N) is 2. The Hall–Kier alpha value is -2.58. The smallest absolute Gasteiger partial charge is 0.257 e. The molecule has 0 unspecified atom stereocenters. The number of methoxy groups -OCH3 is 1. The lowest BCUT2D eigenvalue weighted by Gasteiger charge is -2.33. The Labute approximate surface area is 191 Å². The molecule has 2 aromatic carbocycles. The van der Waals surface area contributed by atoms with Crippen molar-refractivity contribution in [3.05, 3.63) is 48.0 Å². The van der Waals surface area contributed by atoms with Crippen LogP contribution < -0.4 is 15.0 Å². The summed E-state index contributed by atoms with van der Waals surface area (Å²) in [5, 5.41) is 2.90. The maximum atomic E-state index is 13.4. The van der Waals surface area contributed by atoms with Crippen LogP contribution in [0.25, 0.3) is 0 Å². The number of carbonyl (C=O) groups is 1. The maximum Gasteiger partial charge on any atom is 0.257 e. The van der Waals surface area contributed by atoms with Gasteiger partial charge in [-0.05, 0) is 49.1 Å². The fraction of sp³-hybridized carbons (Fsp3) is 0.458. The van der Waals surface area contributed by atoms with E-state index >= 15 is 0 Å². The first-order chi connectivity index (χ1) is 15.3. The summed E-state index contributed by atoms with van der Waals surface area (Å²) < 4.78 is 33.0. The van der Waals surface area contributed by atoms with Gasteiger partial charge in [0.1, 0.15) is 5.75 Å². The minimum absolute atomic E-state index is 0.125. The normalized spacial score (nSPS) is 15.1. The van der Waals surface area contributed by atoms with Gasteiger partial charge in [-0.3, -0.25) is 4.79 Å². The van der Waals surface area contributed by atoms with E-state index in [0.717, 1.165) is 31.6 Å². The minimum Gasteiger partial charge on any atom is -0.495 e. The maximum absolute atomic E-state index is 13.4. The quantitative estimate of drug-likeness (QED) is 0.640. The number of sulfonamides is 1. The molecule has 1 N–H and O–H groups in total. The summed E-state index contributed by atoms with van der Waals surface area (Å²) in [5.74, 6) is 0.820. The van der Waals surface area contributed by atoms with Crippen LogP contribution in [0.4, 0.5) is 11.4 Å². The molecule has 1 saturated heterocycles. The molecule has 0 atom stereocenters. The van der Waals surface area contributed by atoms with Gasteiger partial charge in [0.25, 0.3) is 5.91 Å². The van der Waals surface area contributed by atoms with Gasteiger partial charge in [-0.2, -0.15) is 4.31 Å². The van der Waals surface area contributed by atoms with Crippen LogP contribution in [0.15, 0.2) is 47.4 Å². The highest BCUT2D eigenvalue weighted by atomic mass is 32.2. The van der Waals surface area contributed by atoms with E-state index in [0.29, 0.717) is 36.0 Å². The summed E-state index contributed by atoms with van der Waals surface area (Å²) in [7, 11) is -2.14. The summed E-state index contributed by atoms with van der Waals surface area (Å²) in [5.41, 5.74) is 1.64. The standard InChI is InChI=1S/C24H33N3O4S/c1-5-27(6-2)32(29,30)19-11-12-22(26-15-13-18(3)14-16-26)20(17-19)24(28)25-21-9-7-8-10-23(21)31-4/h7-12,17-18H,5-6,13-16H2,1-4H3,(H,25,28). The molecule has 1 fully saturated rings. The third kappa shape index (κ3) is 5.07. The van der Waals surface area contributed by atoms with Crippen molar-refractivity contribution in [3.8, 4) is 5.75 Å². The number of hydrogen-bond acceptors (Lipinski definition) is 5. The molecule has 0 bridgehead atoms. The van der Waals surface area contributed by atoms with Gasteiger partial charge >= 0.3 is 0 Å². The summed E-state index contributed by atoms with van der Waals surface area (Å²) >= 11 is 0. The SMILES string of the molecule is CCN(CC)S(=O)(=O)c1ccc(N2CCC(C)CC2)c(C(=O)Nc2ccccc2OC)c1. The second kappa shape index (κ2) is 10.4. The van der Waals surface area contributed by atoms with E-state index in [-0.39, 0.29) is 10.8 Å². The molecular formula is C24H33N3O4S. The van der Waals surface area contributed by atoms with Crippen molar-refractivity contribution in [1.82, 2.24) is 4.31 Å². The molecule has 1 amide bonds. The summed E-state index contributed by atoms with van der Waals surface area (Å²) in [4.78, 5) is 15.7. The summed E-state index contributed by atoms with van der Waals surface area (Å²) in [6.45, 7) is 8.24. The molecule has 0 radical (unpaired) electrons. The van der Waals surface area contributed by atoms with Crippen LogP contribution in [-0.2, 0) is 10.0 Å². The van der Waals surface area contributed by atoms with Crippen molar-refractivity contribution in [2.24, 2.45) is 5.92 Å². The van der Waals surface area contributed by atoms with Gasteiger partial charge < -0.3 is 15.0 Å². The van der Waals surface area contributed by atoms with Crippen molar-refractivity contribution < 1.29 is 17.9 Å². The van der Waals surface area contributed by atoms with Gasteiger partial charge in [-0.1, -0.05) is 32.9 Å². The Kier molecular flexibility index (Phi) is 7.79. The number of anilines is 2. The van der Waals surface area contributed by atoms with Gasteiger partial charge in [0.2, 0.25) is 10.0 Å². The summed E-state index contributed by atoms with van der Waals surface area (Å²) in [6, 6.07) is 12.0.